The Bertz CT molecular complexity index is 464. The van der Waals surface area contributed by atoms with Crippen LogP contribution >= 0.6 is 11.3 Å². The number of aromatic nitrogens is 4. The van der Waals surface area contributed by atoms with Gasteiger partial charge in [0.05, 0.1) is 11.9 Å². The number of rotatable bonds is 2. The van der Waals surface area contributed by atoms with E-state index in [-0.39, 0.29) is 0 Å². The van der Waals surface area contributed by atoms with Crippen molar-refractivity contribution in [2.45, 2.75) is 26.7 Å². The lowest BCUT2D eigenvalue weighted by Gasteiger charge is -2.03. The molecule has 0 N–H and O–H groups in total. The molecular weight excluding hydrogens is 208 g/mol. The molecular formula is C10H12N4S. The molecule has 0 fully saturated rings. The molecule has 5 heteroatoms. The Balaban J connectivity index is 2.41. The van der Waals surface area contributed by atoms with Crippen LogP contribution in [0.3, 0.4) is 0 Å². The van der Waals surface area contributed by atoms with E-state index in [9.17, 15) is 0 Å². The molecule has 0 aliphatic carbocycles. The maximum Gasteiger partial charge on any atom is 0.167 e. The fraction of sp³-hybridized carbons (Fsp3) is 0.400. The summed E-state index contributed by atoms with van der Waals surface area (Å²) in [6.45, 7) is 6.12. The minimum absolute atomic E-state index is 0.381. The van der Waals surface area contributed by atoms with Gasteiger partial charge in [-0.3, -0.25) is 4.98 Å². The Morgan fingerprint density at radius 3 is 2.60 bits per heavy atom. The Labute approximate surface area is 92.4 Å². The molecule has 0 saturated carbocycles. The third-order valence-corrected chi connectivity index (χ3v) is 2.85. The van der Waals surface area contributed by atoms with Crippen molar-refractivity contribution in [1.29, 1.82) is 0 Å². The number of aryl methyl sites for hydroxylation is 1. The van der Waals surface area contributed by atoms with E-state index in [0.717, 1.165) is 21.4 Å². The fourth-order valence-electron chi connectivity index (χ4n) is 1.16. The maximum absolute atomic E-state index is 4.50. The average molecular weight is 220 g/mol. The smallest absolute Gasteiger partial charge is 0.167 e. The molecule has 0 spiro atoms. The highest BCUT2D eigenvalue weighted by atomic mass is 32.1. The van der Waals surface area contributed by atoms with Crippen LogP contribution in [-0.2, 0) is 0 Å². The minimum Gasteiger partial charge on any atom is -0.260 e. The molecule has 15 heavy (non-hydrogen) atoms. The third kappa shape index (κ3) is 2.18. The lowest BCUT2D eigenvalue weighted by molar-refractivity contribution is 0.813. The Morgan fingerprint density at radius 1 is 1.20 bits per heavy atom. The van der Waals surface area contributed by atoms with Crippen LogP contribution < -0.4 is 0 Å². The van der Waals surface area contributed by atoms with Crippen molar-refractivity contribution in [1.82, 2.24) is 20.2 Å². The molecule has 0 aromatic carbocycles. The van der Waals surface area contributed by atoms with E-state index in [1.54, 1.807) is 12.4 Å². The lowest BCUT2D eigenvalue weighted by atomic mass is 10.1. The van der Waals surface area contributed by atoms with Crippen LogP contribution in [-0.4, -0.2) is 20.2 Å². The van der Waals surface area contributed by atoms with Gasteiger partial charge in [-0.1, -0.05) is 25.2 Å². The second-order valence-electron chi connectivity index (χ2n) is 3.61. The van der Waals surface area contributed by atoms with Crippen LogP contribution in [0.2, 0.25) is 0 Å². The van der Waals surface area contributed by atoms with E-state index in [2.05, 4.69) is 34.0 Å². The highest BCUT2D eigenvalue weighted by molar-refractivity contribution is 7.14. The van der Waals surface area contributed by atoms with Crippen molar-refractivity contribution in [2.75, 3.05) is 0 Å². The van der Waals surface area contributed by atoms with Gasteiger partial charge in [-0.2, -0.15) is 0 Å². The summed E-state index contributed by atoms with van der Waals surface area (Å²) in [4.78, 5) is 8.67. The van der Waals surface area contributed by atoms with Gasteiger partial charge in [-0.25, -0.2) is 4.98 Å². The van der Waals surface area contributed by atoms with Gasteiger partial charge in [-0.15, -0.1) is 10.2 Å². The third-order valence-electron chi connectivity index (χ3n) is 1.99. The van der Waals surface area contributed by atoms with Gasteiger partial charge < -0.3 is 0 Å². The van der Waals surface area contributed by atoms with E-state index < -0.39 is 0 Å². The zero-order valence-corrected chi connectivity index (χ0v) is 9.75. The average Bonchev–Trinajstić information content (AvgIpc) is 2.65. The molecule has 0 amide bonds. The van der Waals surface area contributed by atoms with Crippen LogP contribution in [0, 0.1) is 6.92 Å². The normalized spacial score (nSPS) is 10.9. The Morgan fingerprint density at radius 2 is 2.00 bits per heavy atom. The summed E-state index contributed by atoms with van der Waals surface area (Å²) < 4.78 is 0. The lowest BCUT2D eigenvalue weighted by Crippen LogP contribution is -1.95. The molecule has 0 unspecified atom stereocenters. The molecule has 4 nitrogen and oxygen atoms in total. The van der Waals surface area contributed by atoms with E-state index >= 15 is 0 Å². The quantitative estimate of drug-likeness (QED) is 0.780. The molecule has 78 valence electrons. The van der Waals surface area contributed by atoms with Crippen molar-refractivity contribution in [3.05, 3.63) is 23.1 Å². The van der Waals surface area contributed by atoms with Gasteiger partial charge in [-0.05, 0) is 12.8 Å². The van der Waals surface area contributed by atoms with Crippen LogP contribution in [0.15, 0.2) is 12.4 Å². The zero-order chi connectivity index (χ0) is 10.8. The minimum atomic E-state index is 0.381. The van der Waals surface area contributed by atoms with E-state index in [1.165, 1.54) is 11.3 Å². The van der Waals surface area contributed by atoms with Gasteiger partial charge in [0.25, 0.3) is 0 Å². The summed E-state index contributed by atoms with van der Waals surface area (Å²) >= 11 is 1.54. The molecule has 2 aromatic rings. The number of hydrogen-bond acceptors (Lipinski definition) is 5. The molecule has 0 bridgehead atoms. The van der Waals surface area contributed by atoms with Crippen molar-refractivity contribution in [3.8, 4) is 10.7 Å². The van der Waals surface area contributed by atoms with Crippen LogP contribution in [0.4, 0.5) is 0 Å². The van der Waals surface area contributed by atoms with Crippen molar-refractivity contribution < 1.29 is 0 Å². The highest BCUT2D eigenvalue weighted by Gasteiger charge is 2.08. The van der Waals surface area contributed by atoms with Gasteiger partial charge >= 0.3 is 0 Å². The Kier molecular flexibility index (Phi) is 2.73. The van der Waals surface area contributed by atoms with E-state index in [0.29, 0.717) is 5.92 Å². The molecule has 2 rings (SSSR count). The first-order valence-corrected chi connectivity index (χ1v) is 5.61. The van der Waals surface area contributed by atoms with Gasteiger partial charge in [0, 0.05) is 6.20 Å². The zero-order valence-electron chi connectivity index (χ0n) is 8.93. The highest BCUT2D eigenvalue weighted by Crippen LogP contribution is 2.21. The van der Waals surface area contributed by atoms with Crippen LogP contribution in [0.5, 0.6) is 0 Å². The molecule has 0 atom stereocenters. The van der Waals surface area contributed by atoms with Gasteiger partial charge in [0.1, 0.15) is 10.7 Å². The van der Waals surface area contributed by atoms with Crippen molar-refractivity contribution in [3.63, 3.8) is 0 Å². The fourth-order valence-corrected chi connectivity index (χ4v) is 1.81. The predicted molar refractivity (Wildman–Crippen MR) is 59.8 cm³/mol. The first-order chi connectivity index (χ1) is 7.16. The van der Waals surface area contributed by atoms with Gasteiger partial charge in [0.15, 0.2) is 5.01 Å². The molecule has 0 radical (unpaired) electrons. The predicted octanol–water partition coefficient (Wildman–Crippen LogP) is 2.43. The standard InChI is InChI=1S/C10H12N4S/c1-6(2)8-4-11-5-9(12-8)10-14-13-7(3)15-10/h4-6H,1-3H3. The first kappa shape index (κ1) is 10.2. The topological polar surface area (TPSA) is 51.6 Å². The number of nitrogens with zero attached hydrogens (tertiary/aromatic N) is 4. The maximum atomic E-state index is 4.50. The van der Waals surface area contributed by atoms with Crippen molar-refractivity contribution >= 4 is 11.3 Å². The second-order valence-corrected chi connectivity index (χ2v) is 4.79. The molecule has 2 heterocycles. The van der Waals surface area contributed by atoms with Crippen molar-refractivity contribution in [2.24, 2.45) is 0 Å². The van der Waals surface area contributed by atoms with E-state index in [4.69, 9.17) is 0 Å². The molecule has 0 aliphatic heterocycles. The Hall–Kier alpha value is -1.36. The summed E-state index contributed by atoms with van der Waals surface area (Å²) in [6.07, 6.45) is 3.52. The molecule has 2 aromatic heterocycles. The monoisotopic (exact) mass is 220 g/mol. The molecule has 0 aliphatic rings. The SMILES string of the molecule is Cc1nnc(-c2cncc(C(C)C)n2)s1. The first-order valence-electron chi connectivity index (χ1n) is 4.79. The molecule has 0 saturated heterocycles. The summed E-state index contributed by atoms with van der Waals surface area (Å²) in [5.41, 5.74) is 1.80. The summed E-state index contributed by atoms with van der Waals surface area (Å²) in [5.74, 6) is 0.381. The number of hydrogen-bond donors (Lipinski definition) is 0. The largest absolute Gasteiger partial charge is 0.260 e. The van der Waals surface area contributed by atoms with Crippen LogP contribution in [0.1, 0.15) is 30.5 Å². The van der Waals surface area contributed by atoms with E-state index in [1.807, 2.05) is 6.92 Å². The van der Waals surface area contributed by atoms with Gasteiger partial charge in [0.2, 0.25) is 0 Å². The second kappa shape index (κ2) is 4.02. The summed E-state index contributed by atoms with van der Waals surface area (Å²) in [7, 11) is 0. The summed E-state index contributed by atoms with van der Waals surface area (Å²) in [5, 5.41) is 9.80. The van der Waals surface area contributed by atoms with Crippen LogP contribution in [0.25, 0.3) is 10.7 Å². The summed E-state index contributed by atoms with van der Waals surface area (Å²) in [6, 6.07) is 0.